The van der Waals surface area contributed by atoms with Gasteiger partial charge in [-0.15, -0.1) is 0 Å². The van der Waals surface area contributed by atoms with Crippen molar-refractivity contribution >= 4 is 49.1 Å². The van der Waals surface area contributed by atoms with Gasteiger partial charge in [0.2, 0.25) is 5.91 Å². The third kappa shape index (κ3) is 5.34. The SMILES string of the molecule is COCN1C(=O)[C@@](CCO[Si](C)(C)C(C)(C)C)([C@@H](C(=O)OC)c2ccccc2OC)c2cc(Cl)cc(Cl)c21. The molecule has 0 spiro atoms. The van der Waals surface area contributed by atoms with Crippen molar-refractivity contribution in [2.75, 3.05) is 39.6 Å². The molecule has 2 aromatic rings. The maximum atomic E-state index is 14.6. The van der Waals surface area contributed by atoms with Crippen LogP contribution >= 0.6 is 23.2 Å². The minimum atomic E-state index is -2.19. The summed E-state index contributed by atoms with van der Waals surface area (Å²) in [5, 5.41) is 0.588. The topological polar surface area (TPSA) is 74.3 Å². The summed E-state index contributed by atoms with van der Waals surface area (Å²) in [7, 11) is 2.14. The van der Waals surface area contributed by atoms with Gasteiger partial charge in [0.15, 0.2) is 8.32 Å². The van der Waals surface area contributed by atoms with Gasteiger partial charge in [-0.2, -0.15) is 0 Å². The minimum Gasteiger partial charge on any atom is -0.496 e. The summed E-state index contributed by atoms with van der Waals surface area (Å²) in [5.74, 6) is -1.55. The number of hydrogen-bond donors (Lipinski definition) is 0. The molecule has 0 saturated carbocycles. The number of esters is 1. The van der Waals surface area contributed by atoms with Crippen molar-refractivity contribution in [1.29, 1.82) is 0 Å². The molecular weight excluding hydrogens is 545 g/mol. The number of amides is 1. The van der Waals surface area contributed by atoms with E-state index in [1.165, 1.54) is 26.2 Å². The Morgan fingerprint density at radius 3 is 2.34 bits per heavy atom. The molecule has 0 aliphatic carbocycles. The first-order valence-corrected chi connectivity index (χ1v) is 16.1. The van der Waals surface area contributed by atoms with Crippen LogP contribution in [0.5, 0.6) is 5.75 Å². The molecule has 2 aromatic carbocycles. The molecule has 0 N–H and O–H groups in total. The fraction of sp³-hybridized carbons (Fsp3) is 0.500. The fourth-order valence-electron chi connectivity index (χ4n) is 4.86. The van der Waals surface area contributed by atoms with Gasteiger partial charge in [-0.05, 0) is 48.3 Å². The Morgan fingerprint density at radius 2 is 1.76 bits per heavy atom. The summed E-state index contributed by atoms with van der Waals surface area (Å²) in [6.07, 6.45) is 0.181. The minimum absolute atomic E-state index is 0.0448. The number of para-hydroxylation sites is 1. The number of carbonyl (C=O) groups excluding carboxylic acids is 2. The Kier molecular flexibility index (Phi) is 9.26. The number of halogens is 2. The molecule has 1 aliphatic rings. The van der Waals surface area contributed by atoms with Gasteiger partial charge in [0.25, 0.3) is 0 Å². The number of carbonyl (C=O) groups is 2. The van der Waals surface area contributed by atoms with Crippen LogP contribution in [0.4, 0.5) is 5.69 Å². The molecule has 2 atom stereocenters. The molecule has 10 heteroatoms. The first-order chi connectivity index (χ1) is 17.8. The van der Waals surface area contributed by atoms with E-state index < -0.39 is 25.6 Å². The lowest BCUT2D eigenvalue weighted by atomic mass is 9.66. The number of anilines is 1. The van der Waals surface area contributed by atoms with E-state index in [1.54, 1.807) is 36.4 Å². The van der Waals surface area contributed by atoms with Crippen LogP contribution in [0.2, 0.25) is 28.2 Å². The Balaban J connectivity index is 2.33. The molecule has 0 bridgehead atoms. The Hall–Kier alpha value is -2.10. The van der Waals surface area contributed by atoms with Crippen LogP contribution in [0, 0.1) is 0 Å². The van der Waals surface area contributed by atoms with Crippen LogP contribution in [-0.2, 0) is 28.9 Å². The lowest BCUT2D eigenvalue weighted by Gasteiger charge is -2.39. The summed E-state index contributed by atoms with van der Waals surface area (Å²) in [5.41, 5.74) is 0.0482. The highest BCUT2D eigenvalue weighted by atomic mass is 35.5. The maximum absolute atomic E-state index is 14.6. The molecule has 0 saturated heterocycles. The molecule has 208 valence electrons. The molecule has 0 fully saturated rings. The summed E-state index contributed by atoms with van der Waals surface area (Å²) < 4.78 is 22.9. The Labute approximate surface area is 236 Å². The number of ether oxygens (including phenoxy) is 3. The first-order valence-electron chi connectivity index (χ1n) is 12.4. The number of nitrogens with zero attached hydrogens (tertiary/aromatic N) is 1. The largest absolute Gasteiger partial charge is 0.496 e. The van der Waals surface area contributed by atoms with Crippen molar-refractivity contribution in [2.45, 2.75) is 56.7 Å². The number of hydrogen-bond acceptors (Lipinski definition) is 6. The molecule has 0 unspecified atom stereocenters. The van der Waals surface area contributed by atoms with E-state index in [2.05, 4.69) is 33.9 Å². The predicted molar refractivity (Wildman–Crippen MR) is 153 cm³/mol. The number of benzene rings is 2. The van der Waals surface area contributed by atoms with E-state index in [1.807, 2.05) is 0 Å². The van der Waals surface area contributed by atoms with Gasteiger partial charge in [-0.3, -0.25) is 14.5 Å². The number of rotatable bonds is 10. The molecule has 38 heavy (non-hydrogen) atoms. The van der Waals surface area contributed by atoms with Gasteiger partial charge < -0.3 is 18.6 Å². The van der Waals surface area contributed by atoms with E-state index >= 15 is 0 Å². The summed E-state index contributed by atoms with van der Waals surface area (Å²) in [4.78, 5) is 29.7. The average Bonchev–Trinajstić information content (AvgIpc) is 3.07. The standard InChI is InChI=1S/C28H37Cl2NO6Si/c1-27(2,3)38(7,8)37-14-13-28(23(25(32)36-6)19-11-9-10-12-22(19)35-5)20-15-18(29)16-21(30)24(20)31(17-34-4)26(28)33/h9-12,15-16,23H,13-14,17H2,1-8H3/t23-,28-/m1/s1. The van der Waals surface area contributed by atoms with Gasteiger partial charge in [0.1, 0.15) is 18.4 Å². The zero-order chi connectivity index (χ0) is 28.5. The number of methoxy groups -OCH3 is 3. The third-order valence-electron chi connectivity index (χ3n) is 7.81. The van der Waals surface area contributed by atoms with Gasteiger partial charge >= 0.3 is 5.97 Å². The molecular formula is C28H37Cl2NO6Si. The average molecular weight is 583 g/mol. The molecule has 1 aliphatic heterocycles. The Bertz CT molecular complexity index is 1200. The smallest absolute Gasteiger partial charge is 0.314 e. The quantitative estimate of drug-likeness (QED) is 0.233. The van der Waals surface area contributed by atoms with Gasteiger partial charge in [-0.1, -0.05) is 62.2 Å². The van der Waals surface area contributed by atoms with E-state index in [0.717, 1.165) is 0 Å². The fourth-order valence-corrected chi connectivity index (χ4v) is 6.50. The predicted octanol–water partition coefficient (Wildman–Crippen LogP) is 6.56. The molecule has 0 radical (unpaired) electrons. The van der Waals surface area contributed by atoms with Crippen LogP contribution < -0.4 is 9.64 Å². The van der Waals surface area contributed by atoms with Crippen molar-refractivity contribution in [3.63, 3.8) is 0 Å². The monoisotopic (exact) mass is 581 g/mol. The van der Waals surface area contributed by atoms with Crippen molar-refractivity contribution in [3.8, 4) is 5.75 Å². The lowest BCUT2D eigenvalue weighted by molar-refractivity contribution is -0.147. The second-order valence-corrected chi connectivity index (χ2v) is 16.6. The van der Waals surface area contributed by atoms with Crippen LogP contribution in [0.3, 0.4) is 0 Å². The highest BCUT2D eigenvalue weighted by molar-refractivity contribution is 6.74. The Morgan fingerprint density at radius 1 is 1.11 bits per heavy atom. The van der Waals surface area contributed by atoms with E-state index in [0.29, 0.717) is 27.6 Å². The van der Waals surface area contributed by atoms with Crippen molar-refractivity contribution in [3.05, 3.63) is 57.6 Å². The number of fused-ring (bicyclic) bond motifs is 1. The second-order valence-electron chi connectivity index (χ2n) is 11.0. The van der Waals surface area contributed by atoms with Crippen LogP contribution in [0.1, 0.15) is 44.2 Å². The molecule has 1 amide bonds. The zero-order valence-electron chi connectivity index (χ0n) is 23.3. The lowest BCUT2D eigenvalue weighted by Crippen LogP contribution is -2.50. The first kappa shape index (κ1) is 30.4. The normalized spacial score (nSPS) is 18.4. The van der Waals surface area contributed by atoms with Gasteiger partial charge in [-0.25, -0.2) is 0 Å². The molecule has 1 heterocycles. The van der Waals surface area contributed by atoms with Crippen molar-refractivity contribution in [1.82, 2.24) is 0 Å². The van der Waals surface area contributed by atoms with Crippen molar-refractivity contribution < 1.29 is 28.2 Å². The van der Waals surface area contributed by atoms with Crippen molar-refractivity contribution in [2.24, 2.45) is 0 Å². The van der Waals surface area contributed by atoms with Crippen LogP contribution in [-0.4, -0.2) is 54.9 Å². The maximum Gasteiger partial charge on any atom is 0.314 e. The highest BCUT2D eigenvalue weighted by Gasteiger charge is 2.60. The highest BCUT2D eigenvalue weighted by Crippen LogP contribution is 2.56. The zero-order valence-corrected chi connectivity index (χ0v) is 25.8. The summed E-state index contributed by atoms with van der Waals surface area (Å²) in [6.45, 7) is 10.9. The van der Waals surface area contributed by atoms with Crippen LogP contribution in [0.25, 0.3) is 0 Å². The van der Waals surface area contributed by atoms with Gasteiger partial charge in [0.05, 0.1) is 30.3 Å². The molecule has 7 nitrogen and oxygen atoms in total. The second kappa shape index (κ2) is 11.6. The summed E-state index contributed by atoms with van der Waals surface area (Å²) in [6, 6.07) is 10.4. The van der Waals surface area contributed by atoms with E-state index in [9.17, 15) is 9.59 Å². The molecule has 0 aromatic heterocycles. The van der Waals surface area contributed by atoms with Crippen LogP contribution in [0.15, 0.2) is 36.4 Å². The third-order valence-corrected chi connectivity index (χ3v) is 12.9. The van der Waals surface area contributed by atoms with E-state index in [-0.39, 0.29) is 35.7 Å². The summed E-state index contributed by atoms with van der Waals surface area (Å²) >= 11 is 13.2. The molecule has 3 rings (SSSR count). The van der Waals surface area contributed by atoms with Gasteiger partial charge in [0, 0.05) is 24.3 Å². The van der Waals surface area contributed by atoms with E-state index in [4.69, 9.17) is 41.8 Å².